The third-order valence-electron chi connectivity index (χ3n) is 1.65. The molecule has 0 bridgehead atoms. The number of esters is 1. The topological polar surface area (TPSA) is 35.5 Å². The zero-order valence-corrected chi connectivity index (χ0v) is 12.2. The first-order chi connectivity index (χ1) is 8.31. The van der Waals surface area contributed by atoms with E-state index in [9.17, 15) is 4.79 Å². The number of carbonyl (C=O) groups excluding carboxylic acids is 1. The summed E-state index contributed by atoms with van der Waals surface area (Å²) in [6.07, 6.45) is 2.41. The van der Waals surface area contributed by atoms with Crippen LogP contribution in [0, 0.1) is 0 Å². The number of ether oxygens (including phenoxy) is 2. The van der Waals surface area contributed by atoms with Crippen LogP contribution >= 0.6 is 0 Å². The van der Waals surface area contributed by atoms with E-state index in [2.05, 4.69) is 38.3 Å². The van der Waals surface area contributed by atoms with Gasteiger partial charge in [-0.1, -0.05) is 37.6 Å². The average Bonchev–Trinajstić information content (AvgIpc) is 2.24. The Morgan fingerprint density at radius 1 is 1.06 bits per heavy atom. The summed E-state index contributed by atoms with van der Waals surface area (Å²) in [7, 11) is 0. The van der Waals surface area contributed by atoms with E-state index in [1.807, 2.05) is 6.92 Å². The third kappa shape index (κ3) is 17.1. The fourth-order valence-electron chi connectivity index (χ4n) is 0.861. The van der Waals surface area contributed by atoms with Gasteiger partial charge in [-0.15, -0.1) is 6.58 Å². The first-order valence-electron chi connectivity index (χ1n) is 6.00. The lowest BCUT2D eigenvalue weighted by Crippen LogP contribution is -2.09. The fourth-order valence-corrected chi connectivity index (χ4v) is 0.861. The molecule has 0 radical (unpaired) electrons. The summed E-state index contributed by atoms with van der Waals surface area (Å²) in [4.78, 5) is 10.8. The van der Waals surface area contributed by atoms with Crippen LogP contribution in [0.3, 0.4) is 0 Å². The average molecular weight is 254 g/mol. The predicted octanol–water partition coefficient (Wildman–Crippen LogP) is 4.02. The van der Waals surface area contributed by atoms with Crippen molar-refractivity contribution < 1.29 is 14.3 Å². The van der Waals surface area contributed by atoms with E-state index in [1.54, 1.807) is 6.92 Å². The smallest absolute Gasteiger partial charge is 0.335 e. The molecule has 0 fully saturated rings. The van der Waals surface area contributed by atoms with Gasteiger partial charge in [0.1, 0.15) is 0 Å². The summed E-state index contributed by atoms with van der Waals surface area (Å²) in [5, 5.41) is 0. The maximum absolute atomic E-state index is 10.8. The largest absolute Gasteiger partial charge is 0.435 e. The van der Waals surface area contributed by atoms with Crippen LogP contribution in [-0.4, -0.2) is 19.4 Å². The number of rotatable bonds is 7. The molecule has 0 amide bonds. The zero-order chi connectivity index (χ0) is 14.6. The van der Waals surface area contributed by atoms with Crippen molar-refractivity contribution >= 4 is 5.97 Å². The van der Waals surface area contributed by atoms with Crippen LogP contribution in [0.1, 0.15) is 40.5 Å². The standard InChI is InChI=1S/C9H14O3.C6H12/c1-7(2)5-11-6-12-9(10)8(3)4;1-4-5-6(2)3/h1,3,5-6H2,2,4H3;2,4-5H2,1,3H3. The molecule has 0 heterocycles. The van der Waals surface area contributed by atoms with Crippen molar-refractivity contribution in [2.24, 2.45) is 0 Å². The molecule has 0 aromatic heterocycles. The van der Waals surface area contributed by atoms with Crippen LogP contribution in [0.2, 0.25) is 0 Å². The fraction of sp³-hybridized carbons (Fsp3) is 0.533. The van der Waals surface area contributed by atoms with E-state index in [0.717, 1.165) is 5.57 Å². The van der Waals surface area contributed by atoms with E-state index in [-0.39, 0.29) is 6.79 Å². The van der Waals surface area contributed by atoms with Crippen LogP contribution < -0.4 is 0 Å². The zero-order valence-electron chi connectivity index (χ0n) is 12.2. The van der Waals surface area contributed by atoms with Crippen molar-refractivity contribution in [2.45, 2.75) is 40.5 Å². The summed E-state index contributed by atoms with van der Waals surface area (Å²) >= 11 is 0. The van der Waals surface area contributed by atoms with E-state index in [1.165, 1.54) is 18.4 Å². The summed E-state index contributed by atoms with van der Waals surface area (Å²) in [5.41, 5.74) is 2.55. The van der Waals surface area contributed by atoms with Crippen molar-refractivity contribution in [2.75, 3.05) is 13.4 Å². The van der Waals surface area contributed by atoms with E-state index >= 15 is 0 Å². The molecule has 0 aromatic carbocycles. The molecule has 0 rings (SSSR count). The van der Waals surface area contributed by atoms with E-state index in [4.69, 9.17) is 4.74 Å². The van der Waals surface area contributed by atoms with Crippen molar-refractivity contribution in [3.8, 4) is 0 Å². The van der Waals surface area contributed by atoms with Crippen molar-refractivity contribution in [1.82, 2.24) is 0 Å². The Bertz CT molecular complexity index is 290. The normalized spacial score (nSPS) is 8.89. The van der Waals surface area contributed by atoms with Crippen LogP contribution in [0.4, 0.5) is 0 Å². The maximum Gasteiger partial charge on any atom is 0.335 e. The molecule has 0 aliphatic carbocycles. The molecule has 0 aromatic rings. The highest BCUT2D eigenvalue weighted by atomic mass is 16.7. The second-order valence-corrected chi connectivity index (χ2v) is 4.34. The summed E-state index contributed by atoms with van der Waals surface area (Å²) in [5.74, 6) is -0.434. The number of hydrogen-bond acceptors (Lipinski definition) is 3. The molecule has 0 spiro atoms. The molecule has 0 saturated heterocycles. The van der Waals surface area contributed by atoms with Gasteiger partial charge in [0.15, 0.2) is 6.79 Å². The quantitative estimate of drug-likeness (QED) is 0.226. The highest BCUT2D eigenvalue weighted by molar-refractivity contribution is 5.86. The highest BCUT2D eigenvalue weighted by Gasteiger charge is 2.01. The minimum Gasteiger partial charge on any atom is -0.435 e. The van der Waals surface area contributed by atoms with Crippen molar-refractivity contribution in [3.05, 3.63) is 36.5 Å². The SMILES string of the molecule is C=C(C)CCC.C=C(C)COCOC(=O)C(=C)C. The molecule has 3 nitrogen and oxygen atoms in total. The first-order valence-corrected chi connectivity index (χ1v) is 6.00. The lowest BCUT2D eigenvalue weighted by Gasteiger charge is -2.04. The molecule has 3 heteroatoms. The van der Waals surface area contributed by atoms with Gasteiger partial charge in [0, 0.05) is 5.57 Å². The Morgan fingerprint density at radius 3 is 1.89 bits per heavy atom. The Balaban J connectivity index is 0. The van der Waals surface area contributed by atoms with Gasteiger partial charge in [0.05, 0.1) is 6.61 Å². The van der Waals surface area contributed by atoms with Gasteiger partial charge in [0.2, 0.25) is 0 Å². The lowest BCUT2D eigenvalue weighted by atomic mass is 10.2. The molecule has 0 aliphatic rings. The van der Waals surface area contributed by atoms with Crippen LogP contribution in [0.25, 0.3) is 0 Å². The molecule has 0 unspecified atom stereocenters. The number of hydrogen-bond donors (Lipinski definition) is 0. The Morgan fingerprint density at radius 2 is 1.61 bits per heavy atom. The Hall–Kier alpha value is -1.35. The molecular formula is C15H26O3. The van der Waals surface area contributed by atoms with Crippen LogP contribution in [0.5, 0.6) is 0 Å². The van der Waals surface area contributed by atoms with Crippen molar-refractivity contribution in [1.29, 1.82) is 0 Å². The maximum atomic E-state index is 10.8. The van der Waals surface area contributed by atoms with Gasteiger partial charge < -0.3 is 9.47 Å². The lowest BCUT2D eigenvalue weighted by molar-refractivity contribution is -0.150. The van der Waals surface area contributed by atoms with Gasteiger partial charge in [0.25, 0.3) is 0 Å². The molecule has 0 atom stereocenters. The predicted molar refractivity (Wildman–Crippen MR) is 76.3 cm³/mol. The molecular weight excluding hydrogens is 228 g/mol. The first kappa shape index (κ1) is 19.0. The molecule has 104 valence electrons. The van der Waals surface area contributed by atoms with Gasteiger partial charge in [-0.3, -0.25) is 0 Å². The monoisotopic (exact) mass is 254 g/mol. The van der Waals surface area contributed by atoms with Crippen LogP contribution in [-0.2, 0) is 14.3 Å². The van der Waals surface area contributed by atoms with E-state index in [0.29, 0.717) is 12.2 Å². The molecule has 0 N–H and O–H groups in total. The molecule has 0 aliphatic heterocycles. The summed E-state index contributed by atoms with van der Waals surface area (Å²) < 4.78 is 9.58. The second kappa shape index (κ2) is 12.1. The number of allylic oxidation sites excluding steroid dienone is 1. The number of carbonyl (C=O) groups is 1. The minimum atomic E-state index is -0.434. The van der Waals surface area contributed by atoms with Crippen molar-refractivity contribution in [3.63, 3.8) is 0 Å². The van der Waals surface area contributed by atoms with Gasteiger partial charge in [-0.25, -0.2) is 4.79 Å². The van der Waals surface area contributed by atoms with Crippen LogP contribution in [0.15, 0.2) is 36.5 Å². The minimum absolute atomic E-state index is 0.0431. The third-order valence-corrected chi connectivity index (χ3v) is 1.65. The Kier molecular flexibility index (Phi) is 12.8. The van der Waals surface area contributed by atoms with Gasteiger partial charge in [-0.2, -0.15) is 0 Å². The van der Waals surface area contributed by atoms with Gasteiger partial charge >= 0.3 is 5.97 Å². The molecule has 18 heavy (non-hydrogen) atoms. The van der Waals surface area contributed by atoms with E-state index < -0.39 is 5.97 Å². The Labute approximate surface area is 111 Å². The molecule has 0 saturated carbocycles. The highest BCUT2D eigenvalue weighted by Crippen LogP contribution is 1.96. The second-order valence-electron chi connectivity index (χ2n) is 4.34. The summed E-state index contributed by atoms with van der Waals surface area (Å²) in [6.45, 7) is 18.8. The summed E-state index contributed by atoms with van der Waals surface area (Å²) in [6, 6.07) is 0. The van der Waals surface area contributed by atoms with Gasteiger partial charge in [-0.05, 0) is 27.2 Å².